The van der Waals surface area contributed by atoms with Crippen molar-refractivity contribution in [2.45, 2.75) is 13.8 Å². The van der Waals surface area contributed by atoms with Crippen molar-refractivity contribution >= 4 is 11.4 Å². The molecule has 0 aliphatic heterocycles. The molecule has 0 atom stereocenters. The lowest BCUT2D eigenvalue weighted by Crippen LogP contribution is -2.21. The van der Waals surface area contributed by atoms with Crippen LogP contribution in [0.5, 0.6) is 0 Å². The molecular weight excluding hydrogens is 253 g/mol. The maximum Gasteiger partial charge on any atom is 0.0873 e. The molecule has 0 heterocycles. The van der Waals surface area contributed by atoms with Crippen LogP contribution in [0.1, 0.15) is 13.8 Å². The zero-order chi connectivity index (χ0) is 14.5. The Morgan fingerprint density at radius 2 is 1.20 bits per heavy atom. The quantitative estimate of drug-likeness (QED) is 0.511. The predicted octanol–water partition coefficient (Wildman–Crippen LogP) is 3.76. The predicted molar refractivity (Wildman–Crippen MR) is 83.2 cm³/mol. The highest BCUT2D eigenvalue weighted by Crippen LogP contribution is 2.25. The summed E-state index contributed by atoms with van der Waals surface area (Å²) in [5.41, 5.74) is 3.71. The molecule has 0 aliphatic carbocycles. The lowest BCUT2D eigenvalue weighted by Gasteiger charge is -2.21. The van der Waals surface area contributed by atoms with Gasteiger partial charge in [-0.1, -0.05) is 28.7 Å². The van der Waals surface area contributed by atoms with Crippen LogP contribution < -0.4 is 16.0 Å². The summed E-state index contributed by atoms with van der Waals surface area (Å²) in [4.78, 5) is 2.29. The van der Waals surface area contributed by atoms with Gasteiger partial charge in [0.1, 0.15) is 0 Å². The molecule has 2 rings (SSSR count). The molecule has 2 aromatic rings. The molecule has 0 saturated carbocycles. The first kappa shape index (κ1) is 14.3. The van der Waals surface area contributed by atoms with Gasteiger partial charge in [-0.25, -0.2) is 5.84 Å². The van der Waals surface area contributed by atoms with E-state index in [4.69, 9.17) is 5.84 Å². The number of anilines is 2. The van der Waals surface area contributed by atoms with Crippen LogP contribution in [0.2, 0.25) is 0 Å². The van der Waals surface area contributed by atoms with Crippen molar-refractivity contribution in [3.63, 3.8) is 0 Å². The lowest BCUT2D eigenvalue weighted by atomic mass is 10.0. The fourth-order valence-electron chi connectivity index (χ4n) is 2.25. The number of nitrogens with zero attached hydrogens (tertiary/aromatic N) is 2. The Labute approximate surface area is 119 Å². The van der Waals surface area contributed by atoms with Crippen molar-refractivity contribution < 1.29 is 4.48 Å². The third-order valence-corrected chi connectivity index (χ3v) is 3.44. The van der Waals surface area contributed by atoms with Gasteiger partial charge in [0.15, 0.2) is 0 Å². The molecule has 4 heteroatoms. The summed E-state index contributed by atoms with van der Waals surface area (Å²) < 4.78 is 12.8. The molecule has 3 nitrogen and oxygen atoms in total. The molecule has 0 saturated heterocycles. The monoisotopic (exact) mass is 273 g/mol. The maximum atomic E-state index is 12.8. The molecule has 0 aliphatic rings. The van der Waals surface area contributed by atoms with Crippen LogP contribution in [0.25, 0.3) is 11.1 Å². The molecule has 20 heavy (non-hydrogen) atoms. The SMILES string of the molecule is CCN(CC)c1ccc(-c2ccc(N(N)F)cc2)cc1. The van der Waals surface area contributed by atoms with Crippen molar-refractivity contribution in [3.8, 4) is 11.1 Å². The van der Waals surface area contributed by atoms with Gasteiger partial charge in [-0.2, -0.15) is 0 Å². The van der Waals surface area contributed by atoms with Gasteiger partial charge < -0.3 is 4.90 Å². The molecule has 0 amide bonds. The van der Waals surface area contributed by atoms with E-state index in [1.54, 1.807) is 12.1 Å². The van der Waals surface area contributed by atoms with Gasteiger partial charge in [-0.05, 0) is 49.2 Å². The first-order valence-corrected chi connectivity index (χ1v) is 6.81. The van der Waals surface area contributed by atoms with E-state index in [-0.39, 0.29) is 5.23 Å². The minimum absolute atomic E-state index is 0.118. The van der Waals surface area contributed by atoms with Crippen molar-refractivity contribution in [3.05, 3.63) is 48.5 Å². The molecule has 0 unspecified atom stereocenters. The van der Waals surface area contributed by atoms with E-state index in [2.05, 4.69) is 43.0 Å². The molecule has 106 valence electrons. The molecular formula is C16H20FN3. The summed E-state index contributed by atoms with van der Waals surface area (Å²) in [6, 6.07) is 15.4. The third kappa shape index (κ3) is 3.08. The standard InChI is InChI=1S/C16H20FN3/c1-3-19(4-2)15-9-5-13(6-10-15)14-7-11-16(12-8-14)20(17)18/h5-12H,3-4,18H2,1-2H3. The summed E-state index contributed by atoms with van der Waals surface area (Å²) in [5, 5.41) is 0.118. The first-order valence-electron chi connectivity index (χ1n) is 6.81. The van der Waals surface area contributed by atoms with Gasteiger partial charge in [0, 0.05) is 18.8 Å². The number of hydrazine groups is 1. The van der Waals surface area contributed by atoms with Crippen LogP contribution in [0.15, 0.2) is 48.5 Å². The smallest absolute Gasteiger partial charge is 0.0873 e. The van der Waals surface area contributed by atoms with Crippen LogP contribution in [0.4, 0.5) is 15.9 Å². The highest BCUT2D eigenvalue weighted by molar-refractivity contribution is 5.68. The number of halogens is 1. The van der Waals surface area contributed by atoms with E-state index in [9.17, 15) is 4.48 Å². The third-order valence-electron chi connectivity index (χ3n) is 3.44. The molecule has 2 N–H and O–H groups in total. The Morgan fingerprint density at radius 3 is 1.55 bits per heavy atom. The van der Waals surface area contributed by atoms with Crippen LogP contribution in [-0.2, 0) is 0 Å². The van der Waals surface area contributed by atoms with Crippen molar-refractivity contribution in [1.82, 2.24) is 0 Å². The van der Waals surface area contributed by atoms with Crippen LogP contribution in [0.3, 0.4) is 0 Å². The van der Waals surface area contributed by atoms with Gasteiger partial charge in [0.2, 0.25) is 0 Å². The molecule has 0 aromatic heterocycles. The first-order chi connectivity index (χ1) is 9.65. The van der Waals surface area contributed by atoms with Crippen molar-refractivity contribution in [2.24, 2.45) is 5.84 Å². The van der Waals surface area contributed by atoms with Crippen molar-refractivity contribution in [1.29, 1.82) is 0 Å². The second-order valence-corrected chi connectivity index (χ2v) is 4.58. The lowest BCUT2D eigenvalue weighted by molar-refractivity contribution is 0.444. The molecule has 0 fully saturated rings. The van der Waals surface area contributed by atoms with E-state index in [0.717, 1.165) is 24.2 Å². The average molecular weight is 273 g/mol. The molecule has 0 bridgehead atoms. The van der Waals surface area contributed by atoms with Crippen LogP contribution in [0, 0.1) is 0 Å². The maximum absolute atomic E-state index is 12.8. The Kier molecular flexibility index (Phi) is 4.58. The molecule has 2 aromatic carbocycles. The normalized spacial score (nSPS) is 10.4. The second kappa shape index (κ2) is 6.39. The van der Waals surface area contributed by atoms with Crippen LogP contribution in [-0.4, -0.2) is 13.1 Å². The highest BCUT2D eigenvalue weighted by atomic mass is 19.2. The van der Waals surface area contributed by atoms with Gasteiger partial charge in [0.25, 0.3) is 0 Å². The molecule has 0 radical (unpaired) electrons. The average Bonchev–Trinajstić information content (AvgIpc) is 2.49. The molecule has 0 spiro atoms. The fourth-order valence-corrected chi connectivity index (χ4v) is 2.25. The van der Waals surface area contributed by atoms with E-state index in [1.165, 1.54) is 5.69 Å². The highest BCUT2D eigenvalue weighted by Gasteiger charge is 2.04. The van der Waals surface area contributed by atoms with E-state index in [0.29, 0.717) is 5.69 Å². The number of rotatable bonds is 5. The van der Waals surface area contributed by atoms with E-state index in [1.807, 2.05) is 12.1 Å². The minimum atomic E-state index is 0.118. The topological polar surface area (TPSA) is 32.5 Å². The Hall–Kier alpha value is -2.07. The van der Waals surface area contributed by atoms with Gasteiger partial charge in [-0.15, -0.1) is 5.23 Å². The Morgan fingerprint density at radius 1 is 0.800 bits per heavy atom. The summed E-state index contributed by atoms with van der Waals surface area (Å²) >= 11 is 0. The largest absolute Gasteiger partial charge is 0.372 e. The summed E-state index contributed by atoms with van der Waals surface area (Å²) in [6.45, 7) is 6.28. The summed E-state index contributed by atoms with van der Waals surface area (Å²) in [6.07, 6.45) is 0. The van der Waals surface area contributed by atoms with Crippen LogP contribution >= 0.6 is 0 Å². The number of benzene rings is 2. The zero-order valence-corrected chi connectivity index (χ0v) is 11.9. The number of hydrogen-bond donors (Lipinski definition) is 1. The Bertz CT molecular complexity index is 531. The fraction of sp³-hybridized carbons (Fsp3) is 0.250. The summed E-state index contributed by atoms with van der Waals surface area (Å²) in [7, 11) is 0. The van der Waals surface area contributed by atoms with Gasteiger partial charge in [-0.3, -0.25) is 0 Å². The number of hydrogen-bond acceptors (Lipinski definition) is 3. The summed E-state index contributed by atoms with van der Waals surface area (Å²) in [5.74, 6) is 5.05. The second-order valence-electron chi connectivity index (χ2n) is 4.58. The van der Waals surface area contributed by atoms with Crippen molar-refractivity contribution in [2.75, 3.05) is 23.2 Å². The minimum Gasteiger partial charge on any atom is -0.372 e. The van der Waals surface area contributed by atoms with E-state index >= 15 is 0 Å². The van der Waals surface area contributed by atoms with Gasteiger partial charge >= 0.3 is 0 Å². The van der Waals surface area contributed by atoms with Gasteiger partial charge in [0.05, 0.1) is 5.69 Å². The zero-order valence-electron chi connectivity index (χ0n) is 11.9. The Balaban J connectivity index is 2.21. The van der Waals surface area contributed by atoms with E-state index < -0.39 is 0 Å². The number of nitrogens with two attached hydrogens (primary N) is 1.